The third kappa shape index (κ3) is 3.73. The van der Waals surface area contributed by atoms with Crippen molar-refractivity contribution >= 4 is 11.8 Å². The van der Waals surface area contributed by atoms with Crippen molar-refractivity contribution in [2.75, 3.05) is 7.11 Å². The smallest absolute Gasteiger partial charge is 0.330 e. The van der Waals surface area contributed by atoms with E-state index in [0.29, 0.717) is 18.6 Å². The zero-order chi connectivity index (χ0) is 10.4. The molecule has 0 aromatic carbocycles. The summed E-state index contributed by atoms with van der Waals surface area (Å²) in [5.41, 5.74) is 1.12. The van der Waals surface area contributed by atoms with E-state index in [1.807, 2.05) is 0 Å². The number of rotatable bonds is 1. The van der Waals surface area contributed by atoms with Gasteiger partial charge in [0.25, 0.3) is 0 Å². The standard InChI is InChI=1S/C11H16O3/c1-14-11(13)8-9-4-2-6-10(12)7-3-5-9/h8H,2-7H2,1H3. The van der Waals surface area contributed by atoms with Gasteiger partial charge in [-0.1, -0.05) is 5.57 Å². The molecule has 0 aromatic rings. The van der Waals surface area contributed by atoms with E-state index >= 15 is 0 Å². The number of esters is 1. The van der Waals surface area contributed by atoms with Crippen molar-refractivity contribution in [3.63, 3.8) is 0 Å². The molecule has 0 radical (unpaired) electrons. The first kappa shape index (κ1) is 11.0. The summed E-state index contributed by atoms with van der Waals surface area (Å²) in [5, 5.41) is 0. The average molecular weight is 196 g/mol. The summed E-state index contributed by atoms with van der Waals surface area (Å²) in [4.78, 5) is 22.1. The van der Waals surface area contributed by atoms with Gasteiger partial charge < -0.3 is 4.74 Å². The zero-order valence-electron chi connectivity index (χ0n) is 8.54. The van der Waals surface area contributed by atoms with Crippen molar-refractivity contribution in [1.82, 2.24) is 0 Å². The molecule has 78 valence electrons. The first-order valence-electron chi connectivity index (χ1n) is 5.01. The van der Waals surface area contributed by atoms with Crippen LogP contribution in [0.5, 0.6) is 0 Å². The molecule has 0 spiro atoms. The van der Waals surface area contributed by atoms with Crippen molar-refractivity contribution in [3.05, 3.63) is 11.6 Å². The number of Topliss-reactive ketones (excluding diaryl/α,β-unsaturated/α-hetero) is 1. The molecular formula is C11H16O3. The second-order valence-corrected chi connectivity index (χ2v) is 3.57. The molecule has 0 heterocycles. The van der Waals surface area contributed by atoms with Gasteiger partial charge in [0.2, 0.25) is 0 Å². The summed E-state index contributed by atoms with van der Waals surface area (Å²) in [7, 11) is 1.38. The lowest BCUT2D eigenvalue weighted by molar-refractivity contribution is -0.134. The van der Waals surface area contributed by atoms with Gasteiger partial charge in [-0.25, -0.2) is 4.79 Å². The minimum atomic E-state index is -0.285. The molecule has 1 saturated carbocycles. The molecule has 1 rings (SSSR count). The van der Waals surface area contributed by atoms with Gasteiger partial charge in [-0.05, 0) is 25.7 Å². The molecule has 0 atom stereocenters. The van der Waals surface area contributed by atoms with Crippen LogP contribution in [0.4, 0.5) is 0 Å². The van der Waals surface area contributed by atoms with Crippen LogP contribution in [0.1, 0.15) is 38.5 Å². The van der Waals surface area contributed by atoms with Gasteiger partial charge in [0.05, 0.1) is 7.11 Å². The van der Waals surface area contributed by atoms with Crippen LogP contribution < -0.4 is 0 Å². The number of methoxy groups -OCH3 is 1. The van der Waals surface area contributed by atoms with Crippen LogP contribution in [-0.2, 0) is 14.3 Å². The van der Waals surface area contributed by atoms with E-state index in [1.54, 1.807) is 6.08 Å². The first-order chi connectivity index (χ1) is 6.72. The predicted molar refractivity (Wildman–Crippen MR) is 52.8 cm³/mol. The summed E-state index contributed by atoms with van der Waals surface area (Å²) in [6, 6.07) is 0. The maximum absolute atomic E-state index is 11.1. The molecule has 1 aliphatic rings. The van der Waals surface area contributed by atoms with E-state index in [0.717, 1.165) is 31.3 Å². The van der Waals surface area contributed by atoms with Crippen LogP contribution in [0, 0.1) is 0 Å². The molecular weight excluding hydrogens is 180 g/mol. The van der Waals surface area contributed by atoms with Gasteiger partial charge in [0, 0.05) is 18.9 Å². The highest BCUT2D eigenvalue weighted by Gasteiger charge is 2.10. The van der Waals surface area contributed by atoms with Gasteiger partial charge in [0.15, 0.2) is 0 Å². The molecule has 0 N–H and O–H groups in total. The highest BCUT2D eigenvalue weighted by Crippen LogP contribution is 2.19. The maximum atomic E-state index is 11.1. The van der Waals surface area contributed by atoms with Crippen molar-refractivity contribution in [3.8, 4) is 0 Å². The van der Waals surface area contributed by atoms with Crippen LogP contribution in [0.3, 0.4) is 0 Å². The number of carbonyl (C=O) groups is 2. The highest BCUT2D eigenvalue weighted by molar-refractivity contribution is 5.83. The molecule has 1 fully saturated rings. The molecule has 0 aromatic heterocycles. The highest BCUT2D eigenvalue weighted by atomic mass is 16.5. The van der Waals surface area contributed by atoms with Gasteiger partial charge in [0.1, 0.15) is 5.78 Å². The lowest BCUT2D eigenvalue weighted by Gasteiger charge is -2.10. The lowest BCUT2D eigenvalue weighted by atomic mass is 9.95. The van der Waals surface area contributed by atoms with E-state index in [1.165, 1.54) is 7.11 Å². The Kier molecular flexibility index (Phi) is 4.36. The molecule has 3 nitrogen and oxygen atoms in total. The molecule has 0 aliphatic heterocycles. The Balaban J connectivity index is 2.50. The zero-order valence-corrected chi connectivity index (χ0v) is 8.54. The largest absolute Gasteiger partial charge is 0.466 e. The van der Waals surface area contributed by atoms with Crippen LogP contribution in [-0.4, -0.2) is 18.9 Å². The molecule has 1 aliphatic carbocycles. The fourth-order valence-corrected chi connectivity index (χ4v) is 1.65. The summed E-state index contributed by atoms with van der Waals surface area (Å²) >= 11 is 0. The number of hydrogen-bond acceptors (Lipinski definition) is 3. The summed E-state index contributed by atoms with van der Waals surface area (Å²) in [6.07, 6.45) is 6.29. The molecule has 0 amide bonds. The topological polar surface area (TPSA) is 43.4 Å². The number of carbonyl (C=O) groups excluding carboxylic acids is 2. The van der Waals surface area contributed by atoms with Crippen LogP contribution in [0.25, 0.3) is 0 Å². The third-order valence-corrected chi connectivity index (χ3v) is 2.43. The normalized spacial score (nSPS) is 18.4. The average Bonchev–Trinajstić information content (AvgIpc) is 2.14. The van der Waals surface area contributed by atoms with Gasteiger partial charge in [-0.2, -0.15) is 0 Å². The van der Waals surface area contributed by atoms with Crippen molar-refractivity contribution in [2.45, 2.75) is 38.5 Å². The Bertz CT molecular complexity index is 239. The Hall–Kier alpha value is -1.12. The van der Waals surface area contributed by atoms with E-state index in [9.17, 15) is 9.59 Å². The Morgan fingerprint density at radius 3 is 2.29 bits per heavy atom. The van der Waals surface area contributed by atoms with E-state index < -0.39 is 0 Å². The van der Waals surface area contributed by atoms with Crippen molar-refractivity contribution in [2.24, 2.45) is 0 Å². The summed E-state index contributed by atoms with van der Waals surface area (Å²) < 4.78 is 4.56. The molecule has 14 heavy (non-hydrogen) atoms. The minimum Gasteiger partial charge on any atom is -0.466 e. The summed E-state index contributed by atoms with van der Waals surface area (Å²) in [5.74, 6) is 0.0639. The molecule has 3 heteroatoms. The van der Waals surface area contributed by atoms with E-state index in [-0.39, 0.29) is 5.97 Å². The van der Waals surface area contributed by atoms with E-state index in [2.05, 4.69) is 4.74 Å². The molecule has 0 saturated heterocycles. The Morgan fingerprint density at radius 1 is 1.21 bits per heavy atom. The fourth-order valence-electron chi connectivity index (χ4n) is 1.65. The first-order valence-corrected chi connectivity index (χ1v) is 5.01. The minimum absolute atomic E-state index is 0.285. The second-order valence-electron chi connectivity index (χ2n) is 3.57. The number of hydrogen-bond donors (Lipinski definition) is 0. The predicted octanol–water partition coefficient (Wildman–Crippen LogP) is 2.01. The fraction of sp³-hybridized carbons (Fsp3) is 0.636. The number of ether oxygens (including phenoxy) is 1. The number of allylic oxidation sites excluding steroid dienone is 1. The van der Waals surface area contributed by atoms with E-state index in [4.69, 9.17) is 0 Å². The lowest BCUT2D eigenvalue weighted by Crippen LogP contribution is -2.04. The quantitative estimate of drug-likeness (QED) is 0.476. The molecule has 0 bridgehead atoms. The number of ketones is 1. The van der Waals surface area contributed by atoms with Crippen LogP contribution in [0.15, 0.2) is 11.6 Å². The monoisotopic (exact) mass is 196 g/mol. The third-order valence-electron chi connectivity index (χ3n) is 2.43. The Morgan fingerprint density at radius 2 is 1.79 bits per heavy atom. The van der Waals surface area contributed by atoms with Gasteiger partial charge in [-0.3, -0.25) is 4.79 Å². The van der Waals surface area contributed by atoms with Crippen molar-refractivity contribution < 1.29 is 14.3 Å². The Labute approximate surface area is 84.1 Å². The van der Waals surface area contributed by atoms with Crippen molar-refractivity contribution in [1.29, 1.82) is 0 Å². The second kappa shape index (κ2) is 5.58. The van der Waals surface area contributed by atoms with Gasteiger partial charge in [-0.15, -0.1) is 0 Å². The maximum Gasteiger partial charge on any atom is 0.330 e. The summed E-state index contributed by atoms with van der Waals surface area (Å²) in [6.45, 7) is 0. The SMILES string of the molecule is COC(=O)C=C1CCCC(=O)CCC1. The van der Waals surface area contributed by atoms with Crippen LogP contribution >= 0.6 is 0 Å². The molecule has 0 unspecified atom stereocenters. The van der Waals surface area contributed by atoms with Gasteiger partial charge >= 0.3 is 5.97 Å². The van der Waals surface area contributed by atoms with Crippen LogP contribution in [0.2, 0.25) is 0 Å².